The van der Waals surface area contributed by atoms with Crippen molar-refractivity contribution in [3.63, 3.8) is 0 Å². The second-order valence-corrected chi connectivity index (χ2v) is 6.38. The Hall–Kier alpha value is -1.51. The topological polar surface area (TPSA) is 41.6 Å². The summed E-state index contributed by atoms with van der Waals surface area (Å²) < 4.78 is 0. The summed E-state index contributed by atoms with van der Waals surface area (Å²) in [5.74, 6) is 0.768. The Morgan fingerprint density at radius 3 is 2.45 bits per heavy atom. The molecule has 0 radical (unpaired) electrons. The van der Waals surface area contributed by atoms with E-state index in [9.17, 15) is 0 Å². The van der Waals surface area contributed by atoms with Gasteiger partial charge >= 0.3 is 0 Å². The molecule has 3 nitrogen and oxygen atoms in total. The average Bonchev–Trinajstić information content (AvgIpc) is 3.27. The van der Waals surface area contributed by atoms with Crippen LogP contribution in [0.25, 0.3) is 0 Å². The normalized spacial score (nSPS) is 21.8. The molecule has 3 rings (SSSR count). The van der Waals surface area contributed by atoms with E-state index in [1.807, 2.05) is 0 Å². The van der Waals surface area contributed by atoms with Crippen LogP contribution in [0.2, 0.25) is 0 Å². The quantitative estimate of drug-likeness (QED) is 0.676. The van der Waals surface area contributed by atoms with Gasteiger partial charge in [0.2, 0.25) is 0 Å². The molecule has 1 aromatic carbocycles. The molecule has 1 aliphatic heterocycles. The summed E-state index contributed by atoms with van der Waals surface area (Å²) in [5, 5.41) is 0. The van der Waals surface area contributed by atoms with Gasteiger partial charge in [0, 0.05) is 19.6 Å². The number of aliphatic imine (C=N–C) groups is 1. The number of guanidine groups is 1. The highest BCUT2D eigenvalue weighted by Gasteiger charge is 2.42. The molecular formula is C17H25N3. The largest absolute Gasteiger partial charge is 0.370 e. The molecule has 0 spiro atoms. The van der Waals surface area contributed by atoms with Crippen LogP contribution in [0.4, 0.5) is 0 Å². The lowest BCUT2D eigenvalue weighted by molar-refractivity contribution is 0.336. The van der Waals surface area contributed by atoms with Crippen molar-refractivity contribution < 1.29 is 0 Å². The summed E-state index contributed by atoms with van der Waals surface area (Å²) in [5.41, 5.74) is 7.97. The van der Waals surface area contributed by atoms with E-state index >= 15 is 0 Å². The first-order valence-electron chi connectivity index (χ1n) is 7.86. The minimum atomic E-state index is 0.391. The van der Waals surface area contributed by atoms with Crippen molar-refractivity contribution in [3.8, 4) is 0 Å². The summed E-state index contributed by atoms with van der Waals surface area (Å²) in [4.78, 5) is 6.95. The highest BCUT2D eigenvalue weighted by Crippen LogP contribution is 2.48. The lowest BCUT2D eigenvalue weighted by Gasteiger charge is -2.28. The maximum atomic E-state index is 6.15. The van der Waals surface area contributed by atoms with Crippen LogP contribution in [-0.2, 0) is 6.42 Å². The van der Waals surface area contributed by atoms with Crippen molar-refractivity contribution in [2.45, 2.75) is 38.5 Å². The Morgan fingerprint density at radius 1 is 1.10 bits per heavy atom. The van der Waals surface area contributed by atoms with Gasteiger partial charge in [-0.25, -0.2) is 0 Å². The van der Waals surface area contributed by atoms with Crippen molar-refractivity contribution in [1.29, 1.82) is 0 Å². The van der Waals surface area contributed by atoms with Crippen LogP contribution >= 0.6 is 0 Å². The smallest absolute Gasteiger partial charge is 0.191 e. The number of piperidine rings is 1. The number of nitrogens with zero attached hydrogens (tertiary/aromatic N) is 2. The Morgan fingerprint density at radius 2 is 1.80 bits per heavy atom. The summed E-state index contributed by atoms with van der Waals surface area (Å²) in [6, 6.07) is 10.8. The third-order valence-electron chi connectivity index (χ3n) is 4.64. The minimum Gasteiger partial charge on any atom is -0.370 e. The van der Waals surface area contributed by atoms with Gasteiger partial charge in [0.15, 0.2) is 5.96 Å². The van der Waals surface area contributed by atoms with Crippen LogP contribution in [0.5, 0.6) is 0 Å². The molecule has 108 valence electrons. The van der Waals surface area contributed by atoms with Crippen molar-refractivity contribution in [2.24, 2.45) is 16.1 Å². The van der Waals surface area contributed by atoms with Crippen molar-refractivity contribution in [3.05, 3.63) is 35.9 Å². The molecule has 2 fully saturated rings. The summed E-state index contributed by atoms with van der Waals surface area (Å²) in [6.07, 6.45) is 7.57. The molecule has 1 saturated heterocycles. The van der Waals surface area contributed by atoms with E-state index in [-0.39, 0.29) is 0 Å². The van der Waals surface area contributed by atoms with Gasteiger partial charge in [-0.2, -0.15) is 0 Å². The van der Waals surface area contributed by atoms with Gasteiger partial charge in [-0.3, -0.25) is 4.99 Å². The maximum absolute atomic E-state index is 6.15. The molecule has 1 aromatic rings. The van der Waals surface area contributed by atoms with Crippen LogP contribution in [0.1, 0.15) is 37.7 Å². The van der Waals surface area contributed by atoms with E-state index in [0.29, 0.717) is 5.41 Å². The zero-order chi connectivity index (χ0) is 13.8. The lowest BCUT2D eigenvalue weighted by atomic mass is 9.97. The predicted octanol–water partition coefficient (Wildman–Crippen LogP) is 2.81. The summed E-state index contributed by atoms with van der Waals surface area (Å²) in [6.45, 7) is 3.06. The van der Waals surface area contributed by atoms with E-state index in [0.717, 1.165) is 32.0 Å². The summed E-state index contributed by atoms with van der Waals surface area (Å²) in [7, 11) is 0. The molecule has 2 aliphatic rings. The third-order valence-corrected chi connectivity index (χ3v) is 4.64. The van der Waals surface area contributed by atoms with E-state index in [1.54, 1.807) is 0 Å². The first-order chi connectivity index (χ1) is 9.77. The number of rotatable bonds is 4. The minimum absolute atomic E-state index is 0.391. The SMILES string of the molecule is NC(=NCC1(Cc2ccccc2)CC1)N1CCCCC1. The van der Waals surface area contributed by atoms with E-state index in [4.69, 9.17) is 10.7 Å². The van der Waals surface area contributed by atoms with Crippen LogP contribution in [0.15, 0.2) is 35.3 Å². The zero-order valence-electron chi connectivity index (χ0n) is 12.2. The number of hydrogen-bond acceptors (Lipinski definition) is 1. The van der Waals surface area contributed by atoms with Crippen LogP contribution in [-0.4, -0.2) is 30.5 Å². The Balaban J connectivity index is 1.57. The van der Waals surface area contributed by atoms with Crippen LogP contribution < -0.4 is 5.73 Å². The molecule has 0 amide bonds. The number of likely N-dealkylation sites (tertiary alicyclic amines) is 1. The molecule has 0 atom stereocenters. The van der Waals surface area contributed by atoms with Gasteiger partial charge in [-0.15, -0.1) is 0 Å². The van der Waals surface area contributed by atoms with Gasteiger partial charge in [-0.05, 0) is 49.5 Å². The van der Waals surface area contributed by atoms with Gasteiger partial charge in [-0.1, -0.05) is 30.3 Å². The first kappa shape index (κ1) is 13.5. The highest BCUT2D eigenvalue weighted by molar-refractivity contribution is 5.78. The third kappa shape index (κ3) is 3.33. The number of nitrogens with two attached hydrogens (primary N) is 1. The Bertz CT molecular complexity index is 456. The molecule has 1 heterocycles. The van der Waals surface area contributed by atoms with E-state index in [1.165, 1.54) is 37.7 Å². The van der Waals surface area contributed by atoms with Gasteiger partial charge < -0.3 is 10.6 Å². The van der Waals surface area contributed by atoms with E-state index in [2.05, 4.69) is 35.2 Å². The first-order valence-corrected chi connectivity index (χ1v) is 7.86. The molecule has 0 aromatic heterocycles. The Labute approximate surface area is 121 Å². The van der Waals surface area contributed by atoms with Crippen LogP contribution in [0, 0.1) is 5.41 Å². The van der Waals surface area contributed by atoms with Crippen LogP contribution in [0.3, 0.4) is 0 Å². The standard InChI is InChI=1S/C17H25N3/c18-16(20-11-5-2-6-12-20)19-14-17(9-10-17)13-15-7-3-1-4-8-15/h1,3-4,7-8H,2,5-6,9-14H2,(H2,18,19). The fraction of sp³-hybridized carbons (Fsp3) is 0.588. The predicted molar refractivity (Wildman–Crippen MR) is 83.7 cm³/mol. The second kappa shape index (κ2) is 5.86. The summed E-state index contributed by atoms with van der Waals surface area (Å²) >= 11 is 0. The maximum Gasteiger partial charge on any atom is 0.191 e. The van der Waals surface area contributed by atoms with Gasteiger partial charge in [0.05, 0.1) is 0 Å². The fourth-order valence-electron chi connectivity index (χ4n) is 3.07. The lowest BCUT2D eigenvalue weighted by Crippen LogP contribution is -2.41. The molecule has 1 saturated carbocycles. The van der Waals surface area contributed by atoms with Gasteiger partial charge in [0.25, 0.3) is 0 Å². The van der Waals surface area contributed by atoms with E-state index < -0.39 is 0 Å². The molecule has 20 heavy (non-hydrogen) atoms. The molecule has 0 bridgehead atoms. The molecular weight excluding hydrogens is 246 g/mol. The molecule has 1 aliphatic carbocycles. The van der Waals surface area contributed by atoms with Crippen molar-refractivity contribution in [1.82, 2.24) is 4.90 Å². The number of benzene rings is 1. The second-order valence-electron chi connectivity index (χ2n) is 6.38. The molecule has 2 N–H and O–H groups in total. The molecule has 3 heteroatoms. The average molecular weight is 271 g/mol. The van der Waals surface area contributed by atoms with Crippen molar-refractivity contribution in [2.75, 3.05) is 19.6 Å². The van der Waals surface area contributed by atoms with Gasteiger partial charge in [0.1, 0.15) is 0 Å². The monoisotopic (exact) mass is 271 g/mol. The van der Waals surface area contributed by atoms with Crippen molar-refractivity contribution >= 4 is 5.96 Å². The fourth-order valence-corrected chi connectivity index (χ4v) is 3.07. The number of hydrogen-bond donors (Lipinski definition) is 1. The molecule has 0 unspecified atom stereocenters. The highest BCUT2D eigenvalue weighted by atomic mass is 15.3. The zero-order valence-corrected chi connectivity index (χ0v) is 12.2. The Kier molecular flexibility index (Phi) is 3.95.